The molecule has 3 N–H and O–H groups in total. The number of rotatable bonds is 7. The summed E-state index contributed by atoms with van der Waals surface area (Å²) in [4.78, 5) is 36.8. The first-order chi connectivity index (χ1) is 9.24. The quantitative estimate of drug-likeness (QED) is 0.332. The molecule has 3 amide bonds. The minimum atomic E-state index is -0.700. The van der Waals surface area contributed by atoms with Gasteiger partial charge in [0.2, 0.25) is 6.41 Å². The number of amides is 3. The SMILES string of the molecule is O=CNCCCNC(=O)C(=O)NCc1ccccn1. The van der Waals surface area contributed by atoms with E-state index in [0.717, 1.165) is 0 Å². The van der Waals surface area contributed by atoms with Gasteiger partial charge in [0.1, 0.15) is 0 Å². The van der Waals surface area contributed by atoms with Crippen molar-refractivity contribution in [3.63, 3.8) is 0 Å². The molecule has 0 atom stereocenters. The number of aromatic nitrogens is 1. The summed E-state index contributed by atoms with van der Waals surface area (Å²) >= 11 is 0. The van der Waals surface area contributed by atoms with Gasteiger partial charge >= 0.3 is 11.8 Å². The van der Waals surface area contributed by atoms with Crippen LogP contribution in [0.3, 0.4) is 0 Å². The Kier molecular flexibility index (Phi) is 6.63. The second-order valence-electron chi connectivity index (χ2n) is 3.69. The Hall–Kier alpha value is -2.44. The van der Waals surface area contributed by atoms with Gasteiger partial charge in [0.15, 0.2) is 0 Å². The van der Waals surface area contributed by atoms with Gasteiger partial charge in [-0.1, -0.05) is 6.07 Å². The molecule has 1 aromatic rings. The lowest BCUT2D eigenvalue weighted by Crippen LogP contribution is -2.40. The van der Waals surface area contributed by atoms with E-state index in [0.29, 0.717) is 31.6 Å². The van der Waals surface area contributed by atoms with E-state index in [4.69, 9.17) is 0 Å². The average Bonchev–Trinajstić information content (AvgIpc) is 2.45. The maximum absolute atomic E-state index is 11.4. The minimum Gasteiger partial charge on any atom is -0.359 e. The van der Waals surface area contributed by atoms with Gasteiger partial charge in [-0.15, -0.1) is 0 Å². The normalized spacial score (nSPS) is 9.47. The van der Waals surface area contributed by atoms with Gasteiger partial charge in [0.25, 0.3) is 0 Å². The summed E-state index contributed by atoms with van der Waals surface area (Å²) in [5.74, 6) is -1.39. The minimum absolute atomic E-state index is 0.208. The summed E-state index contributed by atoms with van der Waals surface area (Å²) in [6, 6.07) is 5.32. The zero-order chi connectivity index (χ0) is 13.9. The monoisotopic (exact) mass is 264 g/mol. The molecular weight excluding hydrogens is 248 g/mol. The molecule has 19 heavy (non-hydrogen) atoms. The lowest BCUT2D eigenvalue weighted by Gasteiger charge is -2.06. The molecule has 1 rings (SSSR count). The highest BCUT2D eigenvalue weighted by atomic mass is 16.2. The Morgan fingerprint density at radius 2 is 1.95 bits per heavy atom. The molecule has 1 aromatic heterocycles. The topological polar surface area (TPSA) is 100 Å². The van der Waals surface area contributed by atoms with Crippen molar-refractivity contribution in [2.75, 3.05) is 13.1 Å². The smallest absolute Gasteiger partial charge is 0.309 e. The number of pyridine rings is 1. The van der Waals surface area contributed by atoms with E-state index in [1.165, 1.54) is 0 Å². The Morgan fingerprint density at radius 3 is 2.63 bits per heavy atom. The predicted octanol–water partition coefficient (Wildman–Crippen LogP) is -1.05. The van der Waals surface area contributed by atoms with E-state index < -0.39 is 11.8 Å². The maximum atomic E-state index is 11.4. The lowest BCUT2D eigenvalue weighted by atomic mass is 10.3. The van der Waals surface area contributed by atoms with Crippen LogP contribution < -0.4 is 16.0 Å². The van der Waals surface area contributed by atoms with E-state index >= 15 is 0 Å². The van der Waals surface area contributed by atoms with E-state index in [2.05, 4.69) is 20.9 Å². The molecule has 0 aliphatic heterocycles. The summed E-state index contributed by atoms with van der Waals surface area (Å²) in [7, 11) is 0. The molecular formula is C12H16N4O3. The van der Waals surface area contributed by atoms with Crippen LogP contribution in [0.15, 0.2) is 24.4 Å². The molecule has 0 aromatic carbocycles. The van der Waals surface area contributed by atoms with Crippen molar-refractivity contribution in [3.8, 4) is 0 Å². The molecule has 0 fully saturated rings. The molecule has 0 saturated carbocycles. The van der Waals surface area contributed by atoms with E-state index in [1.54, 1.807) is 24.4 Å². The van der Waals surface area contributed by atoms with Crippen molar-refractivity contribution >= 4 is 18.2 Å². The predicted molar refractivity (Wildman–Crippen MR) is 67.8 cm³/mol. The van der Waals surface area contributed by atoms with Crippen molar-refractivity contribution in [3.05, 3.63) is 30.1 Å². The van der Waals surface area contributed by atoms with Gasteiger partial charge in [0, 0.05) is 19.3 Å². The summed E-state index contributed by atoms with van der Waals surface area (Å²) < 4.78 is 0. The van der Waals surface area contributed by atoms with Crippen LogP contribution in [0.2, 0.25) is 0 Å². The second kappa shape index (κ2) is 8.62. The third-order valence-electron chi connectivity index (χ3n) is 2.23. The molecule has 0 saturated heterocycles. The van der Waals surface area contributed by atoms with E-state index in [1.807, 2.05) is 0 Å². The fourth-order valence-electron chi connectivity index (χ4n) is 1.29. The van der Waals surface area contributed by atoms with E-state index in [9.17, 15) is 14.4 Å². The van der Waals surface area contributed by atoms with Crippen LogP contribution in [0, 0.1) is 0 Å². The van der Waals surface area contributed by atoms with Crippen molar-refractivity contribution < 1.29 is 14.4 Å². The molecule has 0 bridgehead atoms. The molecule has 0 unspecified atom stereocenters. The van der Waals surface area contributed by atoms with Crippen LogP contribution in [0.4, 0.5) is 0 Å². The fraction of sp³-hybridized carbons (Fsp3) is 0.333. The van der Waals surface area contributed by atoms with Crippen LogP contribution >= 0.6 is 0 Å². The van der Waals surface area contributed by atoms with Crippen LogP contribution in [-0.2, 0) is 20.9 Å². The van der Waals surface area contributed by atoms with Crippen molar-refractivity contribution in [1.82, 2.24) is 20.9 Å². The van der Waals surface area contributed by atoms with Crippen LogP contribution in [0.25, 0.3) is 0 Å². The van der Waals surface area contributed by atoms with Gasteiger partial charge in [-0.3, -0.25) is 19.4 Å². The lowest BCUT2D eigenvalue weighted by molar-refractivity contribution is -0.139. The first-order valence-corrected chi connectivity index (χ1v) is 5.87. The summed E-state index contributed by atoms with van der Waals surface area (Å²) in [5, 5.41) is 7.37. The molecule has 102 valence electrons. The van der Waals surface area contributed by atoms with E-state index in [-0.39, 0.29) is 6.54 Å². The highest BCUT2D eigenvalue weighted by molar-refractivity contribution is 6.35. The van der Waals surface area contributed by atoms with Gasteiger partial charge in [0.05, 0.1) is 12.2 Å². The van der Waals surface area contributed by atoms with Gasteiger partial charge < -0.3 is 16.0 Å². The molecule has 7 nitrogen and oxygen atoms in total. The largest absolute Gasteiger partial charge is 0.359 e. The van der Waals surface area contributed by atoms with Crippen molar-refractivity contribution in [2.24, 2.45) is 0 Å². The molecule has 7 heteroatoms. The summed E-state index contributed by atoms with van der Waals surface area (Å²) in [6.45, 7) is 0.996. The Balaban J connectivity index is 2.18. The zero-order valence-corrected chi connectivity index (χ0v) is 10.4. The Labute approximate surface area is 110 Å². The molecule has 0 aliphatic rings. The van der Waals surface area contributed by atoms with Crippen LogP contribution in [-0.4, -0.2) is 36.3 Å². The van der Waals surface area contributed by atoms with Crippen molar-refractivity contribution in [2.45, 2.75) is 13.0 Å². The number of carbonyl (C=O) groups excluding carboxylic acids is 3. The highest BCUT2D eigenvalue weighted by Crippen LogP contribution is 1.91. The summed E-state index contributed by atoms with van der Waals surface area (Å²) in [6.07, 6.45) is 2.76. The molecule has 0 aliphatic carbocycles. The van der Waals surface area contributed by atoms with Gasteiger partial charge in [-0.25, -0.2) is 0 Å². The standard InChI is InChI=1S/C12H16N4O3/c17-9-13-5-3-7-15-11(18)12(19)16-8-10-4-1-2-6-14-10/h1-2,4,6,9H,3,5,7-8H2,(H,13,17)(H,15,18)(H,16,19). The third-order valence-corrected chi connectivity index (χ3v) is 2.23. The fourth-order valence-corrected chi connectivity index (χ4v) is 1.29. The van der Waals surface area contributed by atoms with Crippen LogP contribution in [0.5, 0.6) is 0 Å². The number of hydrogen-bond donors (Lipinski definition) is 3. The number of carbonyl (C=O) groups is 3. The first kappa shape index (κ1) is 14.6. The number of hydrogen-bond acceptors (Lipinski definition) is 4. The van der Waals surface area contributed by atoms with Gasteiger partial charge in [-0.05, 0) is 18.6 Å². The van der Waals surface area contributed by atoms with Gasteiger partial charge in [-0.2, -0.15) is 0 Å². The summed E-state index contributed by atoms with van der Waals surface area (Å²) in [5.41, 5.74) is 0.679. The second-order valence-corrected chi connectivity index (χ2v) is 3.69. The van der Waals surface area contributed by atoms with Crippen LogP contribution in [0.1, 0.15) is 12.1 Å². The maximum Gasteiger partial charge on any atom is 0.309 e. The average molecular weight is 264 g/mol. The Bertz CT molecular complexity index is 422. The number of nitrogens with zero attached hydrogens (tertiary/aromatic N) is 1. The highest BCUT2D eigenvalue weighted by Gasteiger charge is 2.11. The molecule has 0 spiro atoms. The molecule has 1 heterocycles. The molecule has 0 radical (unpaired) electrons. The third kappa shape index (κ3) is 6.16. The zero-order valence-electron chi connectivity index (χ0n) is 10.4. The van der Waals surface area contributed by atoms with Crippen molar-refractivity contribution in [1.29, 1.82) is 0 Å². The number of nitrogens with one attached hydrogen (secondary N) is 3. The Morgan fingerprint density at radius 1 is 1.16 bits per heavy atom. The first-order valence-electron chi connectivity index (χ1n) is 5.87.